The van der Waals surface area contributed by atoms with E-state index >= 15 is 4.39 Å². The van der Waals surface area contributed by atoms with Crippen LogP contribution in [0.5, 0.6) is 0 Å². The topological polar surface area (TPSA) is 46.8 Å². The fraction of sp³-hybridized carbons (Fsp3) is 0.421. The number of piperidine rings is 1. The highest BCUT2D eigenvalue weighted by atomic mass is 35.5. The van der Waals surface area contributed by atoms with Gasteiger partial charge in [0.1, 0.15) is 17.7 Å². The smallest absolute Gasteiger partial charge is 0.172 e. The highest BCUT2D eigenvalue weighted by molar-refractivity contribution is 6.35. The Balaban J connectivity index is 1.67. The molecule has 0 spiro atoms. The number of halogens is 2. The molecule has 1 aliphatic heterocycles. The van der Waals surface area contributed by atoms with E-state index in [0.717, 1.165) is 25.2 Å². The Bertz CT molecular complexity index is 939. The molecule has 0 radical (unpaired) electrons. The first-order chi connectivity index (χ1) is 12.6. The van der Waals surface area contributed by atoms with Crippen molar-refractivity contribution in [3.63, 3.8) is 0 Å². The van der Waals surface area contributed by atoms with E-state index in [1.807, 2.05) is 6.07 Å². The summed E-state index contributed by atoms with van der Waals surface area (Å²) >= 11 is 6.17. The number of pyridine rings is 1. The molecule has 1 aromatic carbocycles. The Morgan fingerprint density at radius 1 is 1.27 bits per heavy atom. The highest BCUT2D eigenvalue weighted by Gasteiger charge is 2.28. The van der Waals surface area contributed by atoms with Crippen molar-refractivity contribution < 1.29 is 4.39 Å². The van der Waals surface area contributed by atoms with Crippen LogP contribution in [0.4, 0.5) is 10.1 Å². The monoisotopic (exact) mass is 373 g/mol. The lowest BCUT2D eigenvalue weighted by molar-refractivity contribution is 0.451. The second kappa shape index (κ2) is 6.83. The van der Waals surface area contributed by atoms with Crippen molar-refractivity contribution in [1.82, 2.24) is 19.7 Å². The Hall–Kier alpha value is -2.21. The maximum atomic E-state index is 15.1. The Labute approximate surface area is 156 Å². The number of fused-ring (bicyclic) bond motifs is 1. The summed E-state index contributed by atoms with van der Waals surface area (Å²) in [5.41, 5.74) is 0.898. The third-order valence-corrected chi connectivity index (χ3v) is 5.39. The first-order valence-corrected chi connectivity index (χ1v) is 9.31. The number of nitrogens with zero attached hydrogens (tertiary/aromatic N) is 5. The summed E-state index contributed by atoms with van der Waals surface area (Å²) in [6, 6.07) is 5.64. The third-order valence-electron chi connectivity index (χ3n) is 5.06. The normalized spacial score (nSPS) is 18.0. The third kappa shape index (κ3) is 2.92. The van der Waals surface area contributed by atoms with Crippen molar-refractivity contribution in [2.24, 2.45) is 0 Å². The molecule has 3 aromatic rings. The molecule has 1 atom stereocenters. The van der Waals surface area contributed by atoms with Gasteiger partial charge in [-0.3, -0.25) is 4.98 Å². The SMILES string of the molecule is CC(C)n1cnnc1C1CCCN(c2ccc3c(Cl)ccnc3c2F)C1. The molecule has 0 bridgehead atoms. The summed E-state index contributed by atoms with van der Waals surface area (Å²) in [7, 11) is 0. The van der Waals surface area contributed by atoms with Gasteiger partial charge in [-0.1, -0.05) is 11.6 Å². The average Bonchev–Trinajstić information content (AvgIpc) is 3.13. The van der Waals surface area contributed by atoms with Crippen LogP contribution in [0, 0.1) is 5.82 Å². The average molecular weight is 374 g/mol. The summed E-state index contributed by atoms with van der Waals surface area (Å²) in [6.07, 6.45) is 5.33. The summed E-state index contributed by atoms with van der Waals surface area (Å²) in [5.74, 6) is 0.902. The number of benzene rings is 1. The quantitative estimate of drug-likeness (QED) is 0.674. The lowest BCUT2D eigenvalue weighted by atomic mass is 9.96. The highest BCUT2D eigenvalue weighted by Crippen LogP contribution is 2.34. The van der Waals surface area contributed by atoms with Crippen molar-refractivity contribution in [2.45, 2.75) is 38.6 Å². The largest absolute Gasteiger partial charge is 0.368 e. The molecule has 3 heterocycles. The molecule has 1 fully saturated rings. The maximum absolute atomic E-state index is 15.1. The Kier molecular flexibility index (Phi) is 4.53. The van der Waals surface area contributed by atoms with Gasteiger partial charge in [0.2, 0.25) is 0 Å². The van der Waals surface area contributed by atoms with Gasteiger partial charge in [0.05, 0.1) is 10.7 Å². The van der Waals surface area contributed by atoms with Crippen molar-refractivity contribution in [1.29, 1.82) is 0 Å². The van der Waals surface area contributed by atoms with Crippen molar-refractivity contribution >= 4 is 28.2 Å². The van der Waals surface area contributed by atoms with Gasteiger partial charge in [0.25, 0.3) is 0 Å². The molecule has 26 heavy (non-hydrogen) atoms. The summed E-state index contributed by atoms with van der Waals surface area (Å²) in [6.45, 7) is 5.77. The van der Waals surface area contributed by atoms with Crippen LogP contribution in [-0.2, 0) is 0 Å². The van der Waals surface area contributed by atoms with E-state index in [1.54, 1.807) is 24.7 Å². The zero-order valence-corrected chi connectivity index (χ0v) is 15.6. The van der Waals surface area contributed by atoms with Gasteiger partial charge in [-0.2, -0.15) is 0 Å². The molecule has 2 aromatic heterocycles. The molecule has 5 nitrogen and oxygen atoms in total. The van der Waals surface area contributed by atoms with Gasteiger partial charge in [-0.05, 0) is 44.9 Å². The number of aromatic nitrogens is 4. The zero-order valence-electron chi connectivity index (χ0n) is 14.9. The van der Waals surface area contributed by atoms with Crippen molar-refractivity contribution in [3.8, 4) is 0 Å². The number of rotatable bonds is 3. The van der Waals surface area contributed by atoms with Gasteiger partial charge in [0, 0.05) is 36.6 Å². The molecular weight excluding hydrogens is 353 g/mol. The molecule has 0 saturated carbocycles. The van der Waals surface area contributed by atoms with E-state index in [0.29, 0.717) is 34.2 Å². The maximum Gasteiger partial charge on any atom is 0.172 e. The van der Waals surface area contributed by atoms with E-state index in [-0.39, 0.29) is 11.7 Å². The van der Waals surface area contributed by atoms with Crippen LogP contribution < -0.4 is 4.90 Å². The van der Waals surface area contributed by atoms with Crippen LogP contribution >= 0.6 is 11.6 Å². The second-order valence-electron chi connectivity index (χ2n) is 7.06. The fourth-order valence-corrected chi connectivity index (χ4v) is 3.94. The zero-order chi connectivity index (χ0) is 18.3. The number of anilines is 1. The molecule has 1 unspecified atom stereocenters. The molecule has 0 N–H and O–H groups in total. The summed E-state index contributed by atoms with van der Waals surface area (Å²) in [5, 5.41) is 9.57. The van der Waals surface area contributed by atoms with Gasteiger partial charge in [-0.25, -0.2) is 4.39 Å². The van der Waals surface area contributed by atoms with Crippen LogP contribution in [-0.4, -0.2) is 32.8 Å². The van der Waals surface area contributed by atoms with Crippen LogP contribution in [0.3, 0.4) is 0 Å². The second-order valence-corrected chi connectivity index (χ2v) is 7.47. The van der Waals surface area contributed by atoms with Crippen molar-refractivity contribution in [3.05, 3.63) is 47.4 Å². The first kappa shape index (κ1) is 17.2. The van der Waals surface area contributed by atoms with Gasteiger partial charge < -0.3 is 9.47 Å². The van der Waals surface area contributed by atoms with E-state index in [4.69, 9.17) is 11.6 Å². The van der Waals surface area contributed by atoms with E-state index in [9.17, 15) is 0 Å². The van der Waals surface area contributed by atoms with Gasteiger partial charge in [-0.15, -0.1) is 10.2 Å². The molecule has 136 valence electrons. The molecule has 4 rings (SSSR count). The Morgan fingerprint density at radius 2 is 2.12 bits per heavy atom. The first-order valence-electron chi connectivity index (χ1n) is 8.93. The summed E-state index contributed by atoms with van der Waals surface area (Å²) in [4.78, 5) is 6.28. The predicted molar refractivity (Wildman–Crippen MR) is 101 cm³/mol. The molecule has 1 aliphatic rings. The number of hydrogen-bond acceptors (Lipinski definition) is 4. The molecule has 0 aliphatic carbocycles. The van der Waals surface area contributed by atoms with E-state index < -0.39 is 0 Å². The molecule has 0 amide bonds. The standard InChI is InChI=1S/C19H21ClFN5/c1-12(2)26-11-23-24-19(26)13-4-3-9-25(10-13)16-6-5-14-15(20)7-8-22-18(14)17(16)21/h5-8,11-13H,3-4,9-10H2,1-2H3. The summed E-state index contributed by atoms with van der Waals surface area (Å²) < 4.78 is 17.2. The minimum absolute atomic E-state index is 0.232. The van der Waals surface area contributed by atoms with E-state index in [1.165, 1.54) is 0 Å². The van der Waals surface area contributed by atoms with Crippen LogP contribution in [0.25, 0.3) is 10.9 Å². The molecule has 1 saturated heterocycles. The number of hydrogen-bond donors (Lipinski definition) is 0. The van der Waals surface area contributed by atoms with Crippen LogP contribution in [0.15, 0.2) is 30.7 Å². The van der Waals surface area contributed by atoms with E-state index in [2.05, 4.69) is 38.5 Å². The predicted octanol–water partition coefficient (Wildman–Crippen LogP) is 4.58. The molecular formula is C19H21ClFN5. The van der Waals surface area contributed by atoms with Crippen molar-refractivity contribution in [2.75, 3.05) is 18.0 Å². The van der Waals surface area contributed by atoms with Gasteiger partial charge in [0.15, 0.2) is 5.82 Å². The van der Waals surface area contributed by atoms with Crippen LogP contribution in [0.1, 0.15) is 44.5 Å². The van der Waals surface area contributed by atoms with Gasteiger partial charge >= 0.3 is 0 Å². The lowest BCUT2D eigenvalue weighted by Gasteiger charge is -2.34. The fourth-order valence-electron chi connectivity index (χ4n) is 3.73. The van der Waals surface area contributed by atoms with Crippen LogP contribution in [0.2, 0.25) is 5.02 Å². The minimum atomic E-state index is -0.309. The minimum Gasteiger partial charge on any atom is -0.368 e. The lowest BCUT2D eigenvalue weighted by Crippen LogP contribution is -2.36. The molecule has 7 heteroatoms. The Morgan fingerprint density at radius 3 is 2.92 bits per heavy atom.